The van der Waals surface area contributed by atoms with Gasteiger partial charge in [-0.05, 0) is 77.4 Å². The first-order valence-corrected chi connectivity index (χ1v) is 12.0. The number of rotatable bonds is 5. The summed E-state index contributed by atoms with van der Waals surface area (Å²) >= 11 is 0. The van der Waals surface area contributed by atoms with Crippen molar-refractivity contribution >= 4 is 22.9 Å². The number of nitrogens with zero attached hydrogens (tertiary/aromatic N) is 2. The van der Waals surface area contributed by atoms with E-state index >= 15 is 0 Å². The van der Waals surface area contributed by atoms with Crippen LogP contribution in [0.15, 0.2) is 131 Å². The molecule has 5 aromatic rings. The van der Waals surface area contributed by atoms with Gasteiger partial charge in [0.05, 0.1) is 5.71 Å². The van der Waals surface area contributed by atoms with Crippen LogP contribution in [0.5, 0.6) is 11.5 Å². The van der Waals surface area contributed by atoms with Gasteiger partial charge in [-0.2, -0.15) is 0 Å². The Kier molecular flexibility index (Phi) is 5.71. The Labute approximate surface area is 214 Å². The summed E-state index contributed by atoms with van der Waals surface area (Å²) in [4.78, 5) is 13.4. The van der Waals surface area contributed by atoms with Gasteiger partial charge in [0.2, 0.25) is 0 Å². The van der Waals surface area contributed by atoms with E-state index in [-0.39, 0.29) is 11.5 Å². The minimum atomic E-state index is 0.212. The van der Waals surface area contributed by atoms with Crippen molar-refractivity contribution in [2.75, 3.05) is 0 Å². The first-order valence-electron chi connectivity index (χ1n) is 12.0. The molecule has 0 aliphatic carbocycles. The molecule has 0 unspecified atom stereocenters. The van der Waals surface area contributed by atoms with Crippen molar-refractivity contribution < 1.29 is 10.2 Å². The lowest BCUT2D eigenvalue weighted by molar-refractivity contribution is 0.475. The molecule has 0 saturated heterocycles. The van der Waals surface area contributed by atoms with Crippen molar-refractivity contribution in [1.82, 2.24) is 4.98 Å². The molecule has 0 radical (unpaired) electrons. The zero-order valence-corrected chi connectivity index (χ0v) is 19.8. The SMILES string of the molecule is Oc1ccc(C2=NC(=Nc3[nH]c(-c4ccc(O)cc4)cc3-c3ccccc3)C(c3ccccc3)=C2)cc1. The molecule has 3 N–H and O–H groups in total. The Bertz CT molecular complexity index is 1650. The van der Waals surface area contributed by atoms with E-state index in [1.165, 1.54) is 0 Å². The normalized spacial score (nSPS) is 14.0. The fourth-order valence-electron chi connectivity index (χ4n) is 4.38. The van der Waals surface area contributed by atoms with Crippen LogP contribution >= 0.6 is 0 Å². The molecule has 4 aromatic carbocycles. The van der Waals surface area contributed by atoms with Gasteiger partial charge in [-0.3, -0.25) is 0 Å². The molecule has 5 nitrogen and oxygen atoms in total. The maximum absolute atomic E-state index is 9.74. The third-order valence-corrected chi connectivity index (χ3v) is 6.27. The van der Waals surface area contributed by atoms with Crippen LogP contribution in [0.4, 0.5) is 5.82 Å². The zero-order valence-electron chi connectivity index (χ0n) is 19.8. The first-order chi connectivity index (χ1) is 18.1. The van der Waals surface area contributed by atoms with E-state index in [2.05, 4.69) is 23.2 Å². The molecule has 1 aliphatic rings. The predicted molar refractivity (Wildman–Crippen MR) is 149 cm³/mol. The van der Waals surface area contributed by atoms with Gasteiger partial charge in [0, 0.05) is 22.4 Å². The fraction of sp³-hybridized carbons (Fsp3) is 0. The molecule has 2 heterocycles. The van der Waals surface area contributed by atoms with Gasteiger partial charge in [0.25, 0.3) is 0 Å². The number of aromatic hydroxyl groups is 2. The number of benzene rings is 4. The molecular weight excluding hydrogens is 458 g/mol. The Morgan fingerprint density at radius 1 is 0.595 bits per heavy atom. The fourth-order valence-corrected chi connectivity index (χ4v) is 4.38. The summed E-state index contributed by atoms with van der Waals surface area (Å²) in [5.41, 5.74) is 7.45. The molecule has 0 bridgehead atoms. The van der Waals surface area contributed by atoms with Crippen molar-refractivity contribution in [2.45, 2.75) is 0 Å². The van der Waals surface area contributed by atoms with Crippen LogP contribution in [-0.4, -0.2) is 26.7 Å². The number of aromatic nitrogens is 1. The summed E-state index contributed by atoms with van der Waals surface area (Å²) < 4.78 is 0. The smallest absolute Gasteiger partial charge is 0.162 e. The average molecular weight is 482 g/mol. The molecule has 0 spiro atoms. The number of phenols is 2. The maximum Gasteiger partial charge on any atom is 0.162 e. The van der Waals surface area contributed by atoms with E-state index in [1.54, 1.807) is 24.3 Å². The average Bonchev–Trinajstić information content (AvgIpc) is 3.56. The van der Waals surface area contributed by atoms with Gasteiger partial charge in [-0.1, -0.05) is 60.7 Å². The number of H-pyrrole nitrogens is 1. The monoisotopic (exact) mass is 481 g/mol. The number of aliphatic imine (C=N–C) groups is 2. The summed E-state index contributed by atoms with van der Waals surface area (Å²) in [5, 5.41) is 19.5. The summed E-state index contributed by atoms with van der Waals surface area (Å²) in [6, 6.07) is 36.4. The zero-order chi connectivity index (χ0) is 25.2. The third-order valence-electron chi connectivity index (χ3n) is 6.27. The second kappa shape index (κ2) is 9.47. The van der Waals surface area contributed by atoms with E-state index < -0.39 is 0 Å². The Hall–Kier alpha value is -5.16. The summed E-state index contributed by atoms with van der Waals surface area (Å²) in [5.74, 6) is 1.73. The van der Waals surface area contributed by atoms with Crippen LogP contribution in [0.3, 0.4) is 0 Å². The molecule has 0 atom stereocenters. The molecule has 0 amide bonds. The van der Waals surface area contributed by atoms with Gasteiger partial charge in [-0.25, -0.2) is 9.98 Å². The van der Waals surface area contributed by atoms with E-state index in [9.17, 15) is 10.2 Å². The highest BCUT2D eigenvalue weighted by atomic mass is 16.3. The molecule has 178 valence electrons. The summed E-state index contributed by atoms with van der Waals surface area (Å²) in [6.07, 6.45) is 2.03. The first kappa shape index (κ1) is 22.3. The van der Waals surface area contributed by atoms with Crippen molar-refractivity contribution in [3.05, 3.63) is 132 Å². The second-order valence-corrected chi connectivity index (χ2v) is 8.76. The van der Waals surface area contributed by atoms with Crippen molar-refractivity contribution in [3.8, 4) is 33.9 Å². The molecule has 0 fully saturated rings. The lowest BCUT2D eigenvalue weighted by atomic mass is 10.0. The molecule has 37 heavy (non-hydrogen) atoms. The highest BCUT2D eigenvalue weighted by Crippen LogP contribution is 2.37. The van der Waals surface area contributed by atoms with Crippen LogP contribution in [-0.2, 0) is 0 Å². The second-order valence-electron chi connectivity index (χ2n) is 8.76. The largest absolute Gasteiger partial charge is 0.508 e. The Morgan fingerprint density at radius 2 is 1.16 bits per heavy atom. The van der Waals surface area contributed by atoms with Crippen molar-refractivity contribution in [2.24, 2.45) is 9.98 Å². The van der Waals surface area contributed by atoms with Crippen LogP contribution in [0.1, 0.15) is 11.1 Å². The Morgan fingerprint density at radius 3 is 1.78 bits per heavy atom. The molecule has 5 heteroatoms. The van der Waals surface area contributed by atoms with Gasteiger partial charge >= 0.3 is 0 Å². The van der Waals surface area contributed by atoms with Crippen LogP contribution in [0, 0.1) is 0 Å². The molecule has 6 rings (SSSR count). The standard InChI is InChI=1S/C32H23N3O2/c36-25-15-11-23(12-16-25)29-19-27(21-7-3-1-4-8-21)31(33-29)35-32-28(22-9-5-2-6-10-22)20-30(34-32)24-13-17-26(37)18-14-24/h1-20,33,36-37H. The molecule has 0 saturated carbocycles. The lowest BCUT2D eigenvalue weighted by Crippen LogP contribution is -1.95. The highest BCUT2D eigenvalue weighted by Gasteiger charge is 2.21. The van der Waals surface area contributed by atoms with Crippen molar-refractivity contribution in [3.63, 3.8) is 0 Å². The van der Waals surface area contributed by atoms with Gasteiger partial charge in [-0.15, -0.1) is 0 Å². The minimum Gasteiger partial charge on any atom is -0.508 e. The molecular formula is C32H23N3O2. The van der Waals surface area contributed by atoms with Gasteiger partial charge in [0.1, 0.15) is 17.3 Å². The number of allylic oxidation sites excluding steroid dienone is 1. The van der Waals surface area contributed by atoms with Crippen molar-refractivity contribution in [1.29, 1.82) is 0 Å². The quantitative estimate of drug-likeness (QED) is 0.245. The maximum atomic E-state index is 9.74. The minimum absolute atomic E-state index is 0.212. The van der Waals surface area contributed by atoms with Gasteiger partial charge < -0.3 is 15.2 Å². The summed E-state index contributed by atoms with van der Waals surface area (Å²) in [6.45, 7) is 0. The number of amidine groups is 1. The lowest BCUT2D eigenvalue weighted by Gasteiger charge is -2.04. The van der Waals surface area contributed by atoms with Crippen LogP contribution in [0.2, 0.25) is 0 Å². The predicted octanol–water partition coefficient (Wildman–Crippen LogP) is 7.38. The number of aromatic amines is 1. The molecule has 1 aromatic heterocycles. The summed E-state index contributed by atoms with van der Waals surface area (Å²) in [7, 11) is 0. The number of phenolic OH excluding ortho intramolecular Hbond substituents is 2. The highest BCUT2D eigenvalue weighted by molar-refractivity contribution is 6.38. The van der Waals surface area contributed by atoms with Crippen LogP contribution in [0.25, 0.3) is 28.0 Å². The number of hydrogen-bond donors (Lipinski definition) is 3. The van der Waals surface area contributed by atoms with Gasteiger partial charge in [0.15, 0.2) is 5.84 Å². The topological polar surface area (TPSA) is 81.0 Å². The van der Waals surface area contributed by atoms with Crippen LogP contribution < -0.4 is 0 Å². The number of nitrogens with one attached hydrogen (secondary N) is 1. The van der Waals surface area contributed by atoms with E-state index in [0.29, 0.717) is 11.7 Å². The Balaban J connectivity index is 1.51. The number of hydrogen-bond acceptors (Lipinski definition) is 3. The van der Waals surface area contributed by atoms with E-state index in [1.807, 2.05) is 78.9 Å². The molecule has 1 aliphatic heterocycles. The third kappa shape index (κ3) is 4.58. The van der Waals surface area contributed by atoms with E-state index in [4.69, 9.17) is 9.98 Å². The van der Waals surface area contributed by atoms with E-state index in [0.717, 1.165) is 44.8 Å².